The van der Waals surface area contributed by atoms with Crippen molar-refractivity contribution < 1.29 is 4.79 Å². The summed E-state index contributed by atoms with van der Waals surface area (Å²) in [4.78, 5) is 15.1. The Morgan fingerprint density at radius 1 is 1.00 bits per heavy atom. The van der Waals surface area contributed by atoms with E-state index in [-0.39, 0.29) is 5.91 Å². The van der Waals surface area contributed by atoms with Crippen molar-refractivity contribution >= 4 is 11.7 Å². The number of hydrogen-bond donors (Lipinski definition) is 3. The summed E-state index contributed by atoms with van der Waals surface area (Å²) in [5, 5.41) is 7.61. The van der Waals surface area contributed by atoms with Gasteiger partial charge in [-0.25, -0.2) is 10.1 Å². The molecular weight excluding hydrogens is 412 g/mol. The monoisotopic (exact) mass is 444 g/mol. The van der Waals surface area contributed by atoms with E-state index in [1.54, 1.807) is 6.20 Å². The van der Waals surface area contributed by atoms with E-state index >= 15 is 0 Å². The predicted molar refractivity (Wildman–Crippen MR) is 130 cm³/mol. The highest BCUT2D eigenvalue weighted by Crippen LogP contribution is 2.29. The van der Waals surface area contributed by atoms with Gasteiger partial charge >= 0.3 is 0 Å². The Labute approximate surface area is 195 Å². The van der Waals surface area contributed by atoms with Crippen molar-refractivity contribution in [3.8, 4) is 0 Å². The molecule has 172 valence electrons. The van der Waals surface area contributed by atoms with Crippen molar-refractivity contribution in [1.82, 2.24) is 25.5 Å². The normalized spacial score (nSPS) is 21.8. The zero-order valence-corrected chi connectivity index (χ0v) is 18.9. The molecule has 0 spiro atoms. The van der Waals surface area contributed by atoms with Crippen molar-refractivity contribution in [2.24, 2.45) is 5.92 Å². The van der Waals surface area contributed by atoms with Crippen molar-refractivity contribution in [1.29, 1.82) is 0 Å². The molecule has 2 aliphatic heterocycles. The van der Waals surface area contributed by atoms with E-state index in [1.165, 1.54) is 5.56 Å². The molecule has 2 unspecified atom stereocenters. The van der Waals surface area contributed by atoms with Crippen molar-refractivity contribution in [2.45, 2.75) is 31.3 Å². The third kappa shape index (κ3) is 5.33. The van der Waals surface area contributed by atoms with Gasteiger partial charge in [-0.05, 0) is 24.0 Å². The molecule has 2 aliphatic rings. The van der Waals surface area contributed by atoms with Crippen LogP contribution in [0.4, 0.5) is 5.82 Å². The van der Waals surface area contributed by atoms with Crippen LogP contribution in [0.1, 0.15) is 36.1 Å². The molecule has 0 bridgehead atoms. The number of anilines is 1. The van der Waals surface area contributed by atoms with Gasteiger partial charge in [0, 0.05) is 38.2 Å². The fourth-order valence-corrected chi connectivity index (χ4v) is 5.07. The number of nitrogens with one attached hydrogen (secondary N) is 3. The van der Waals surface area contributed by atoms with Crippen LogP contribution in [0.5, 0.6) is 0 Å². The number of hydrazine groups is 1. The second-order valence-corrected chi connectivity index (χ2v) is 9.08. The summed E-state index contributed by atoms with van der Waals surface area (Å²) in [6.07, 6.45) is 4.22. The second kappa shape index (κ2) is 10.3. The minimum atomic E-state index is -0.00595. The molecule has 3 aromatic rings. The molecule has 1 aromatic heterocycles. The number of amides is 1. The third-order valence-electron chi connectivity index (χ3n) is 6.79. The highest BCUT2D eigenvalue weighted by Gasteiger charge is 2.31. The van der Waals surface area contributed by atoms with Gasteiger partial charge in [0.15, 0.2) is 0 Å². The van der Waals surface area contributed by atoms with E-state index in [1.807, 2.05) is 41.1 Å². The summed E-state index contributed by atoms with van der Waals surface area (Å²) >= 11 is 0. The number of carbonyl (C=O) groups is 1. The fraction of sp³-hybridized carbons (Fsp3) is 0.385. The average Bonchev–Trinajstić information content (AvgIpc) is 3.50. The van der Waals surface area contributed by atoms with Crippen LogP contribution in [0.2, 0.25) is 0 Å². The van der Waals surface area contributed by atoms with E-state index in [9.17, 15) is 4.79 Å². The molecule has 2 atom stereocenters. The molecule has 2 fully saturated rings. The SMILES string of the molecule is O=C(Cc1ccccc1)Nc1ccnn1C1CCN(CC2CNNC2c2ccccc2)CC1. The zero-order chi connectivity index (χ0) is 22.5. The highest BCUT2D eigenvalue weighted by molar-refractivity contribution is 5.91. The second-order valence-electron chi connectivity index (χ2n) is 9.08. The third-order valence-corrected chi connectivity index (χ3v) is 6.79. The van der Waals surface area contributed by atoms with Crippen LogP contribution in [0.15, 0.2) is 72.9 Å². The van der Waals surface area contributed by atoms with Crippen LogP contribution >= 0.6 is 0 Å². The van der Waals surface area contributed by atoms with Gasteiger partial charge in [-0.15, -0.1) is 0 Å². The summed E-state index contributed by atoms with van der Waals surface area (Å²) in [5.41, 5.74) is 9.16. The van der Waals surface area contributed by atoms with Gasteiger partial charge in [0.05, 0.1) is 24.7 Å². The van der Waals surface area contributed by atoms with Crippen LogP contribution in [0.25, 0.3) is 0 Å². The molecule has 3 N–H and O–H groups in total. The fourth-order valence-electron chi connectivity index (χ4n) is 5.07. The summed E-state index contributed by atoms with van der Waals surface area (Å²) in [7, 11) is 0. The summed E-state index contributed by atoms with van der Waals surface area (Å²) in [5.74, 6) is 1.33. The molecule has 2 saturated heterocycles. The smallest absolute Gasteiger partial charge is 0.229 e. The largest absolute Gasteiger partial charge is 0.311 e. The van der Waals surface area contributed by atoms with Crippen LogP contribution in [0, 0.1) is 5.92 Å². The van der Waals surface area contributed by atoms with Crippen LogP contribution in [-0.4, -0.2) is 46.8 Å². The van der Waals surface area contributed by atoms with Crippen molar-refractivity contribution in [3.63, 3.8) is 0 Å². The quantitative estimate of drug-likeness (QED) is 0.522. The van der Waals surface area contributed by atoms with E-state index in [4.69, 9.17) is 0 Å². The first-order valence-electron chi connectivity index (χ1n) is 11.9. The maximum absolute atomic E-state index is 12.5. The van der Waals surface area contributed by atoms with Crippen LogP contribution in [-0.2, 0) is 11.2 Å². The van der Waals surface area contributed by atoms with Gasteiger partial charge in [0.1, 0.15) is 5.82 Å². The van der Waals surface area contributed by atoms with Gasteiger partial charge in [0.2, 0.25) is 5.91 Å². The summed E-state index contributed by atoms with van der Waals surface area (Å²) in [6, 6.07) is 23.1. The van der Waals surface area contributed by atoms with Gasteiger partial charge in [0.25, 0.3) is 0 Å². The molecule has 0 saturated carbocycles. The Morgan fingerprint density at radius 2 is 1.73 bits per heavy atom. The van der Waals surface area contributed by atoms with Gasteiger partial charge in [-0.1, -0.05) is 60.7 Å². The van der Waals surface area contributed by atoms with Crippen LogP contribution in [0.3, 0.4) is 0 Å². The first kappa shape index (κ1) is 21.8. The Kier molecular flexibility index (Phi) is 6.81. The highest BCUT2D eigenvalue weighted by atomic mass is 16.1. The predicted octanol–water partition coefficient (Wildman–Crippen LogP) is 3.17. The lowest BCUT2D eigenvalue weighted by atomic mass is 9.93. The Morgan fingerprint density at radius 3 is 2.48 bits per heavy atom. The van der Waals surface area contributed by atoms with E-state index in [2.05, 4.69) is 56.5 Å². The maximum Gasteiger partial charge on any atom is 0.229 e. The average molecular weight is 445 g/mol. The summed E-state index contributed by atoms with van der Waals surface area (Å²) in [6.45, 7) is 4.14. The lowest BCUT2D eigenvalue weighted by Crippen LogP contribution is -2.39. The molecular formula is C26H32N6O. The first-order chi connectivity index (χ1) is 16.3. The number of likely N-dealkylation sites (tertiary alicyclic amines) is 1. The Bertz CT molecular complexity index is 1030. The zero-order valence-electron chi connectivity index (χ0n) is 18.9. The molecule has 0 aliphatic carbocycles. The number of hydrogen-bond acceptors (Lipinski definition) is 5. The van der Waals surface area contributed by atoms with E-state index in [0.29, 0.717) is 24.4 Å². The van der Waals surface area contributed by atoms with Crippen molar-refractivity contribution in [3.05, 3.63) is 84.1 Å². The van der Waals surface area contributed by atoms with Gasteiger partial charge in [-0.2, -0.15) is 5.10 Å². The molecule has 7 heteroatoms. The minimum absolute atomic E-state index is 0.00595. The standard InChI is InChI=1S/C26H32N6O/c33-25(17-20-7-3-1-4-8-20)29-24-11-14-28-32(24)23-12-15-31(16-13-23)19-22-18-27-30-26(22)21-9-5-2-6-10-21/h1-11,14,22-23,26-27,30H,12-13,15-19H2,(H,29,33). The number of piperidine rings is 1. The Hall–Kier alpha value is -3.00. The molecule has 5 rings (SSSR count). The molecule has 3 heterocycles. The minimum Gasteiger partial charge on any atom is -0.311 e. The number of carbonyl (C=O) groups excluding carboxylic acids is 1. The Balaban J connectivity index is 1.14. The van der Waals surface area contributed by atoms with E-state index in [0.717, 1.165) is 50.4 Å². The number of nitrogens with zero attached hydrogens (tertiary/aromatic N) is 3. The van der Waals surface area contributed by atoms with Gasteiger partial charge in [-0.3, -0.25) is 10.2 Å². The maximum atomic E-state index is 12.5. The number of rotatable bonds is 7. The first-order valence-corrected chi connectivity index (χ1v) is 11.9. The lowest BCUT2D eigenvalue weighted by Gasteiger charge is -2.35. The van der Waals surface area contributed by atoms with E-state index < -0.39 is 0 Å². The number of aromatic nitrogens is 2. The van der Waals surface area contributed by atoms with Crippen LogP contribution < -0.4 is 16.2 Å². The molecule has 0 radical (unpaired) electrons. The number of benzene rings is 2. The lowest BCUT2D eigenvalue weighted by molar-refractivity contribution is -0.115. The molecule has 7 nitrogen and oxygen atoms in total. The summed E-state index contributed by atoms with van der Waals surface area (Å²) < 4.78 is 2.01. The van der Waals surface area contributed by atoms with Gasteiger partial charge < -0.3 is 10.2 Å². The molecule has 33 heavy (non-hydrogen) atoms. The molecule has 2 aromatic carbocycles. The topological polar surface area (TPSA) is 74.2 Å². The van der Waals surface area contributed by atoms with Crippen molar-refractivity contribution in [2.75, 3.05) is 31.5 Å². The molecule has 1 amide bonds.